The van der Waals surface area contributed by atoms with Crippen LogP contribution in [0.15, 0.2) is 0 Å². The lowest BCUT2D eigenvalue weighted by atomic mass is 10.0. The van der Waals surface area contributed by atoms with Crippen molar-refractivity contribution in [3.8, 4) is 0 Å². The fraction of sp³-hybridized carbons (Fsp3) is 0.923. The van der Waals surface area contributed by atoms with Crippen LogP contribution >= 0.6 is 0 Å². The lowest BCUT2D eigenvalue weighted by Crippen LogP contribution is -1.84. The summed E-state index contributed by atoms with van der Waals surface area (Å²) >= 11 is 0. The van der Waals surface area contributed by atoms with E-state index in [1.54, 1.807) is 0 Å². The van der Waals surface area contributed by atoms with E-state index in [1.807, 2.05) is 0 Å². The van der Waals surface area contributed by atoms with Gasteiger partial charge in [0.2, 0.25) is 0 Å². The average Bonchev–Trinajstić information content (AvgIpc) is 2.66. The van der Waals surface area contributed by atoms with E-state index in [9.17, 15) is 0 Å². The predicted octanol–water partition coefficient (Wildman–Crippen LogP) is 10.0. The number of unbranched alkanes of at least 4 members (excludes halogenated alkanes) is 23. The maximum Gasteiger partial charge on any atom is -0.0386 e. The lowest BCUT2D eigenvalue weighted by molar-refractivity contribution is 0.521. The largest absolute Gasteiger partial charge is 0.0654 e. The Hall–Kier alpha value is 0. The highest BCUT2D eigenvalue weighted by Crippen LogP contribution is 2.15. The van der Waals surface area contributed by atoms with Crippen molar-refractivity contribution in [2.24, 2.45) is 0 Å². The summed E-state index contributed by atoms with van der Waals surface area (Å²) in [6.07, 6.45) is 35.3. The van der Waals surface area contributed by atoms with Crippen LogP contribution in [-0.4, -0.2) is 0 Å². The number of rotatable bonds is 23. The molecule has 0 spiro atoms. The Morgan fingerprint density at radius 1 is 0.423 bits per heavy atom. The van der Waals surface area contributed by atoms with Gasteiger partial charge in [-0.25, -0.2) is 0 Å². The Morgan fingerprint density at radius 3 is 1.04 bits per heavy atom. The molecule has 0 aromatic rings. The number of hydrogen-bond donors (Lipinski definition) is 0. The summed E-state index contributed by atoms with van der Waals surface area (Å²) in [5.74, 6) is 0. The van der Waals surface area contributed by atoms with Crippen molar-refractivity contribution in [1.29, 1.82) is 0 Å². The van der Waals surface area contributed by atoms with Crippen LogP contribution in [0.25, 0.3) is 0 Å². The van der Waals surface area contributed by atoms with Gasteiger partial charge in [-0.2, -0.15) is 0 Å². The molecule has 0 N–H and O–H groups in total. The maximum absolute atomic E-state index is 3.88. The zero-order chi connectivity index (χ0) is 19.0. The molecule has 0 bridgehead atoms. The van der Waals surface area contributed by atoms with Gasteiger partial charge in [0, 0.05) is 0 Å². The second-order valence-electron chi connectivity index (χ2n) is 8.44. The summed E-state index contributed by atoms with van der Waals surface area (Å²) in [7, 11) is 0. The normalized spacial score (nSPS) is 11.3. The Bertz CT molecular complexity index is 196. The SMILES string of the molecule is [CH2]CC[CH]CCCCCCCCCCCCCCCCCCCCCC. The van der Waals surface area contributed by atoms with E-state index in [2.05, 4.69) is 20.3 Å². The first-order valence-electron chi connectivity index (χ1n) is 12.5. The van der Waals surface area contributed by atoms with E-state index < -0.39 is 0 Å². The lowest BCUT2D eigenvalue weighted by Gasteiger charge is -2.04. The van der Waals surface area contributed by atoms with Crippen molar-refractivity contribution in [3.63, 3.8) is 0 Å². The van der Waals surface area contributed by atoms with Gasteiger partial charge in [0.15, 0.2) is 0 Å². The molecule has 156 valence electrons. The molecule has 0 aromatic carbocycles. The topological polar surface area (TPSA) is 0 Å². The Labute approximate surface area is 168 Å². The van der Waals surface area contributed by atoms with Crippen LogP contribution < -0.4 is 0 Å². The van der Waals surface area contributed by atoms with E-state index in [-0.39, 0.29) is 0 Å². The minimum Gasteiger partial charge on any atom is -0.0654 e. The molecule has 0 aliphatic carbocycles. The fourth-order valence-corrected chi connectivity index (χ4v) is 3.83. The van der Waals surface area contributed by atoms with Crippen LogP contribution in [-0.2, 0) is 0 Å². The Kier molecular flexibility index (Phi) is 25.0. The Balaban J connectivity index is 2.95. The number of hydrogen-bond acceptors (Lipinski definition) is 0. The highest BCUT2D eigenvalue weighted by atomic mass is 14.0. The molecule has 0 heteroatoms. The third-order valence-corrected chi connectivity index (χ3v) is 5.67. The molecule has 0 aliphatic rings. The van der Waals surface area contributed by atoms with Gasteiger partial charge in [0.25, 0.3) is 0 Å². The zero-order valence-electron chi connectivity index (χ0n) is 18.5. The fourth-order valence-electron chi connectivity index (χ4n) is 3.83. The maximum atomic E-state index is 3.88. The van der Waals surface area contributed by atoms with E-state index in [0.717, 1.165) is 6.42 Å². The molecule has 0 unspecified atom stereocenters. The molecule has 0 rings (SSSR count). The Morgan fingerprint density at radius 2 is 0.731 bits per heavy atom. The zero-order valence-corrected chi connectivity index (χ0v) is 18.5. The van der Waals surface area contributed by atoms with Gasteiger partial charge in [-0.3, -0.25) is 0 Å². The monoisotopic (exact) mass is 364 g/mol. The molecule has 0 saturated heterocycles. The average molecular weight is 365 g/mol. The van der Waals surface area contributed by atoms with E-state index >= 15 is 0 Å². The van der Waals surface area contributed by atoms with Gasteiger partial charge in [-0.1, -0.05) is 162 Å². The van der Waals surface area contributed by atoms with Gasteiger partial charge in [-0.15, -0.1) is 0 Å². The summed E-state index contributed by atoms with van der Waals surface area (Å²) in [6.45, 7) is 6.18. The van der Waals surface area contributed by atoms with Crippen LogP contribution in [0.5, 0.6) is 0 Å². The summed E-state index contributed by atoms with van der Waals surface area (Å²) in [5.41, 5.74) is 0. The molecule has 0 fully saturated rings. The van der Waals surface area contributed by atoms with Crippen molar-refractivity contribution in [1.82, 2.24) is 0 Å². The van der Waals surface area contributed by atoms with Crippen LogP contribution in [0, 0.1) is 13.3 Å². The second kappa shape index (κ2) is 25.0. The minimum absolute atomic E-state index is 1.07. The van der Waals surface area contributed by atoms with Crippen LogP contribution in [0.1, 0.15) is 155 Å². The molecule has 0 atom stereocenters. The smallest absolute Gasteiger partial charge is 0.0386 e. The van der Waals surface area contributed by atoms with Crippen molar-refractivity contribution >= 4 is 0 Å². The first-order valence-corrected chi connectivity index (χ1v) is 12.5. The van der Waals surface area contributed by atoms with E-state index in [0.29, 0.717) is 0 Å². The predicted molar refractivity (Wildman–Crippen MR) is 122 cm³/mol. The molecule has 0 amide bonds. The van der Waals surface area contributed by atoms with Crippen molar-refractivity contribution in [3.05, 3.63) is 13.3 Å². The molecule has 0 aliphatic heterocycles. The molecule has 0 saturated carbocycles. The summed E-state index contributed by atoms with van der Waals surface area (Å²) < 4.78 is 0. The van der Waals surface area contributed by atoms with E-state index in [4.69, 9.17) is 0 Å². The van der Waals surface area contributed by atoms with Crippen molar-refractivity contribution < 1.29 is 0 Å². The van der Waals surface area contributed by atoms with Crippen LogP contribution in [0.4, 0.5) is 0 Å². The molecular formula is C26H52. The minimum atomic E-state index is 1.07. The molecule has 0 nitrogen and oxygen atoms in total. The molecule has 26 heavy (non-hydrogen) atoms. The van der Waals surface area contributed by atoms with Gasteiger partial charge >= 0.3 is 0 Å². The van der Waals surface area contributed by atoms with Crippen molar-refractivity contribution in [2.75, 3.05) is 0 Å². The van der Waals surface area contributed by atoms with Gasteiger partial charge in [0.05, 0.1) is 0 Å². The quantitative estimate of drug-likeness (QED) is 0.158. The van der Waals surface area contributed by atoms with Crippen LogP contribution in [0.2, 0.25) is 0 Å². The van der Waals surface area contributed by atoms with Gasteiger partial charge in [0.1, 0.15) is 0 Å². The van der Waals surface area contributed by atoms with Gasteiger partial charge in [-0.05, 0) is 6.42 Å². The third kappa shape index (κ3) is 24.0. The van der Waals surface area contributed by atoms with E-state index in [1.165, 1.54) is 141 Å². The highest BCUT2D eigenvalue weighted by Gasteiger charge is 1.95. The van der Waals surface area contributed by atoms with Crippen LogP contribution in [0.3, 0.4) is 0 Å². The second-order valence-corrected chi connectivity index (χ2v) is 8.44. The summed E-state index contributed by atoms with van der Waals surface area (Å²) in [6, 6.07) is 0. The highest BCUT2D eigenvalue weighted by molar-refractivity contribution is 4.64. The molecule has 0 aromatic heterocycles. The summed E-state index contributed by atoms with van der Waals surface area (Å²) in [5, 5.41) is 0. The first kappa shape index (κ1) is 26.0. The molecule has 0 heterocycles. The van der Waals surface area contributed by atoms with Gasteiger partial charge < -0.3 is 0 Å². The standard InChI is InChI=1S/C26H52/c1-3-5-7-9-11-13-15-17-19-21-23-25-26-24-22-20-18-16-14-12-10-8-6-4-2/h7H,1,3-6,8-26H2,2H3. The molecule has 2 radical (unpaired) electrons. The third-order valence-electron chi connectivity index (χ3n) is 5.67. The molecular weight excluding hydrogens is 312 g/mol. The van der Waals surface area contributed by atoms with Crippen molar-refractivity contribution in [2.45, 2.75) is 155 Å². The summed E-state index contributed by atoms with van der Waals surface area (Å²) in [4.78, 5) is 0. The first-order chi connectivity index (χ1) is 12.9.